The van der Waals surface area contributed by atoms with Gasteiger partial charge < -0.3 is 11.1 Å². The highest BCUT2D eigenvalue weighted by molar-refractivity contribution is 6.06. The number of unbranched alkanes of at least 4 members (excludes halogenated alkanes) is 4. The van der Waals surface area contributed by atoms with Gasteiger partial charge in [0, 0.05) is 20.0 Å². The molecule has 0 unspecified atom stereocenters. The Morgan fingerprint density at radius 1 is 1.12 bits per heavy atom. The van der Waals surface area contributed by atoms with Gasteiger partial charge in [-0.25, -0.2) is 4.99 Å². The molecule has 0 aromatic heterocycles. The molecule has 0 fully saturated rings. The summed E-state index contributed by atoms with van der Waals surface area (Å²) >= 11 is 0. The van der Waals surface area contributed by atoms with Crippen molar-refractivity contribution in [2.24, 2.45) is 10.7 Å². The van der Waals surface area contributed by atoms with Gasteiger partial charge in [0.15, 0.2) is 5.96 Å². The third-order valence-electron chi connectivity index (χ3n) is 4.70. The largest absolute Gasteiger partial charge is 0.369 e. The van der Waals surface area contributed by atoms with Crippen molar-refractivity contribution in [1.29, 1.82) is 0 Å². The van der Waals surface area contributed by atoms with Crippen LogP contribution in [0.15, 0.2) is 4.99 Å². The molecule has 0 atom stereocenters. The van der Waals surface area contributed by atoms with Crippen LogP contribution in [0.3, 0.4) is 0 Å². The second kappa shape index (κ2) is 10.3. The Bertz CT molecular complexity index is 440. The van der Waals surface area contributed by atoms with Crippen LogP contribution < -0.4 is 11.1 Å². The number of nitrogens with one attached hydrogen (secondary N) is 1. The molecule has 1 aliphatic heterocycles. The number of carbonyl (C=O) groups is 2. The molecule has 6 nitrogen and oxygen atoms in total. The van der Waals surface area contributed by atoms with E-state index in [1.807, 2.05) is 0 Å². The van der Waals surface area contributed by atoms with Crippen molar-refractivity contribution in [3.8, 4) is 0 Å². The number of nitrogens with zero attached hydrogens (tertiary/aromatic N) is 2. The Morgan fingerprint density at radius 3 is 2.29 bits per heavy atom. The fraction of sp³-hybridized carbons (Fsp3) is 0.833. The molecule has 0 saturated carbocycles. The van der Waals surface area contributed by atoms with E-state index < -0.39 is 5.54 Å². The van der Waals surface area contributed by atoms with Crippen LogP contribution in [0.25, 0.3) is 0 Å². The molecule has 0 aromatic rings. The summed E-state index contributed by atoms with van der Waals surface area (Å²) in [5, 5.41) is 2.62. The highest BCUT2D eigenvalue weighted by Gasteiger charge is 2.46. The van der Waals surface area contributed by atoms with Gasteiger partial charge in [-0.2, -0.15) is 0 Å². The number of aliphatic imine (C=N–C) groups is 1. The molecule has 3 N–H and O–H groups in total. The number of hydrogen-bond donors (Lipinski definition) is 2. The van der Waals surface area contributed by atoms with Crippen LogP contribution in [0.5, 0.6) is 0 Å². The third-order valence-corrected chi connectivity index (χ3v) is 4.70. The van der Waals surface area contributed by atoms with Crippen molar-refractivity contribution in [3.63, 3.8) is 0 Å². The van der Waals surface area contributed by atoms with Gasteiger partial charge in [0.25, 0.3) is 5.91 Å². The number of rotatable bonds is 12. The quantitative estimate of drug-likeness (QED) is 0.536. The first-order valence-electron chi connectivity index (χ1n) is 9.38. The van der Waals surface area contributed by atoms with E-state index in [1.165, 1.54) is 0 Å². The number of nitrogens with two attached hydrogens (primary N) is 1. The van der Waals surface area contributed by atoms with Crippen molar-refractivity contribution < 1.29 is 9.59 Å². The van der Waals surface area contributed by atoms with E-state index in [0.29, 0.717) is 18.9 Å². The molecule has 0 spiro atoms. The lowest BCUT2D eigenvalue weighted by Gasteiger charge is -2.26. The Labute approximate surface area is 146 Å². The minimum absolute atomic E-state index is 0.0615. The van der Waals surface area contributed by atoms with Crippen molar-refractivity contribution >= 4 is 17.8 Å². The highest BCUT2D eigenvalue weighted by Crippen LogP contribution is 2.33. The van der Waals surface area contributed by atoms with Crippen LogP contribution in [0.4, 0.5) is 0 Å². The summed E-state index contributed by atoms with van der Waals surface area (Å²) in [6, 6.07) is 0. The zero-order valence-corrected chi connectivity index (χ0v) is 15.6. The first-order chi connectivity index (χ1) is 11.5. The van der Waals surface area contributed by atoms with Crippen LogP contribution in [0.2, 0.25) is 0 Å². The Hall–Kier alpha value is -1.59. The molecule has 1 rings (SSSR count). The van der Waals surface area contributed by atoms with Gasteiger partial charge in [-0.15, -0.1) is 0 Å². The summed E-state index contributed by atoms with van der Waals surface area (Å²) in [5.74, 6) is 0.512. The van der Waals surface area contributed by atoms with Crippen LogP contribution in [0.1, 0.15) is 78.1 Å². The summed E-state index contributed by atoms with van der Waals surface area (Å²) in [7, 11) is 1.65. The number of hydrogen-bond acceptors (Lipinski definition) is 4. The van der Waals surface area contributed by atoms with Gasteiger partial charge >= 0.3 is 0 Å². The first kappa shape index (κ1) is 20.5. The zero-order valence-electron chi connectivity index (χ0n) is 15.6. The summed E-state index contributed by atoms with van der Waals surface area (Å²) in [6.45, 7) is 4.86. The van der Waals surface area contributed by atoms with E-state index in [0.717, 1.165) is 57.8 Å². The Morgan fingerprint density at radius 2 is 1.75 bits per heavy atom. The molecule has 24 heavy (non-hydrogen) atoms. The van der Waals surface area contributed by atoms with Gasteiger partial charge in [0.05, 0.1) is 0 Å². The van der Waals surface area contributed by atoms with Crippen molar-refractivity contribution in [3.05, 3.63) is 0 Å². The molecule has 1 heterocycles. The maximum absolute atomic E-state index is 12.9. The Balaban J connectivity index is 2.56. The lowest BCUT2D eigenvalue weighted by Crippen LogP contribution is -2.44. The highest BCUT2D eigenvalue weighted by atomic mass is 16.2. The van der Waals surface area contributed by atoms with Gasteiger partial charge in [0.2, 0.25) is 5.91 Å². The average molecular weight is 338 g/mol. The average Bonchev–Trinajstić information content (AvgIpc) is 2.81. The minimum Gasteiger partial charge on any atom is -0.369 e. The Kier molecular flexibility index (Phi) is 8.79. The van der Waals surface area contributed by atoms with Crippen LogP contribution in [-0.2, 0) is 9.59 Å². The molecular formula is C18H34N4O2. The summed E-state index contributed by atoms with van der Waals surface area (Å²) in [6.07, 6.45) is 8.77. The van der Waals surface area contributed by atoms with Crippen LogP contribution in [0, 0.1) is 0 Å². The normalized spacial score (nSPS) is 16.4. The standard InChI is InChI=1S/C18H34N4O2/c1-4-6-12-18(13-7-5-2)16(24)22(17(19)21-18)14-10-8-9-11-15(23)20-3/h4-14H2,1-3H3,(H2,19,21)(H,20,23). The van der Waals surface area contributed by atoms with E-state index in [-0.39, 0.29) is 11.8 Å². The molecular weight excluding hydrogens is 304 g/mol. The summed E-state index contributed by atoms with van der Waals surface area (Å²) in [4.78, 5) is 30.4. The van der Waals surface area contributed by atoms with Crippen LogP contribution >= 0.6 is 0 Å². The molecule has 6 heteroatoms. The van der Waals surface area contributed by atoms with Crippen LogP contribution in [-0.4, -0.2) is 41.8 Å². The van der Waals surface area contributed by atoms with Gasteiger partial charge in [-0.3, -0.25) is 14.5 Å². The fourth-order valence-corrected chi connectivity index (χ4v) is 3.15. The second-order valence-electron chi connectivity index (χ2n) is 6.65. The monoisotopic (exact) mass is 338 g/mol. The van der Waals surface area contributed by atoms with Crippen molar-refractivity contribution in [2.45, 2.75) is 83.6 Å². The smallest absolute Gasteiger partial charge is 0.257 e. The predicted molar refractivity (Wildman–Crippen MR) is 97.7 cm³/mol. The van der Waals surface area contributed by atoms with Gasteiger partial charge in [0.1, 0.15) is 5.54 Å². The molecule has 0 aromatic carbocycles. The third kappa shape index (κ3) is 5.49. The molecule has 1 aliphatic rings. The molecule has 0 bridgehead atoms. The lowest BCUT2D eigenvalue weighted by atomic mass is 9.87. The number of amides is 2. The van der Waals surface area contributed by atoms with Gasteiger partial charge in [-0.05, 0) is 25.7 Å². The maximum Gasteiger partial charge on any atom is 0.257 e. The summed E-state index contributed by atoms with van der Waals surface area (Å²) < 4.78 is 0. The van der Waals surface area contributed by atoms with Crippen molar-refractivity contribution in [1.82, 2.24) is 10.2 Å². The molecule has 138 valence electrons. The van der Waals surface area contributed by atoms with E-state index in [9.17, 15) is 9.59 Å². The minimum atomic E-state index is -0.627. The first-order valence-corrected chi connectivity index (χ1v) is 9.38. The second-order valence-corrected chi connectivity index (χ2v) is 6.65. The fourth-order valence-electron chi connectivity index (χ4n) is 3.15. The topological polar surface area (TPSA) is 87.8 Å². The predicted octanol–water partition coefficient (Wildman–Crippen LogP) is 2.57. The maximum atomic E-state index is 12.9. The van der Waals surface area contributed by atoms with Crippen molar-refractivity contribution in [2.75, 3.05) is 13.6 Å². The molecule has 0 aliphatic carbocycles. The van der Waals surface area contributed by atoms with E-state index in [4.69, 9.17) is 5.73 Å². The molecule has 0 saturated heterocycles. The number of guanidine groups is 1. The molecule has 2 amide bonds. The number of carbonyl (C=O) groups excluding carboxylic acids is 2. The van der Waals surface area contributed by atoms with E-state index in [2.05, 4.69) is 24.2 Å². The van der Waals surface area contributed by atoms with E-state index >= 15 is 0 Å². The lowest BCUT2D eigenvalue weighted by molar-refractivity contribution is -0.132. The van der Waals surface area contributed by atoms with Gasteiger partial charge in [-0.1, -0.05) is 46.0 Å². The van der Waals surface area contributed by atoms with E-state index in [1.54, 1.807) is 11.9 Å². The SMILES string of the molecule is CCCCC1(CCCC)N=C(N)N(CCCCCC(=O)NC)C1=O. The summed E-state index contributed by atoms with van der Waals surface area (Å²) in [5.41, 5.74) is 5.44. The molecule has 0 radical (unpaired) electrons. The zero-order chi connectivity index (χ0) is 18.0.